The Bertz CT molecular complexity index is 1200. The number of nitrogens with zero attached hydrogens (tertiary/aromatic N) is 1. The van der Waals surface area contributed by atoms with Crippen LogP contribution < -0.4 is 5.11 Å². The third-order valence-electron chi connectivity index (χ3n) is 8.33. The average Bonchev–Trinajstić information content (AvgIpc) is 3.12. The molecule has 0 spiro atoms. The summed E-state index contributed by atoms with van der Waals surface area (Å²) in [7, 11) is 5.35. The van der Waals surface area contributed by atoms with E-state index in [9.17, 15) is 19.5 Å². The van der Waals surface area contributed by atoms with E-state index in [0.29, 0.717) is 12.8 Å². The Morgan fingerprint density at radius 2 is 1.11 bits per heavy atom. The Morgan fingerprint density at radius 3 is 1.70 bits per heavy atom. The van der Waals surface area contributed by atoms with Gasteiger partial charge in [-0.05, 0) is 57.8 Å². The molecule has 304 valence electrons. The summed E-state index contributed by atoms with van der Waals surface area (Å²) < 4.78 is 17.0. The number of aliphatic carboxylic acids is 1. The van der Waals surface area contributed by atoms with Crippen LogP contribution in [0.25, 0.3) is 0 Å². The van der Waals surface area contributed by atoms with E-state index >= 15 is 0 Å². The van der Waals surface area contributed by atoms with Crippen LogP contribution in [0.4, 0.5) is 0 Å². The largest absolute Gasteiger partial charge is 0.544 e. The molecule has 0 bridgehead atoms. The Morgan fingerprint density at radius 1 is 0.593 bits per heavy atom. The van der Waals surface area contributed by atoms with E-state index in [4.69, 9.17) is 14.2 Å². The van der Waals surface area contributed by atoms with E-state index in [1.807, 2.05) is 54.7 Å². The number of carboxylic acid groups (broad SMARTS) is 1. The number of hydrogen-bond donors (Lipinski definition) is 0. The van der Waals surface area contributed by atoms with E-state index in [1.54, 1.807) is 21.1 Å². The van der Waals surface area contributed by atoms with Gasteiger partial charge in [0.2, 0.25) is 0 Å². The maximum Gasteiger partial charge on any atom is 0.306 e. The summed E-state index contributed by atoms with van der Waals surface area (Å²) >= 11 is 0. The number of rotatable bonds is 34. The van der Waals surface area contributed by atoms with Crippen LogP contribution in [0, 0.1) is 0 Å². The number of carbonyl (C=O) groups excluding carboxylic acids is 3. The minimum Gasteiger partial charge on any atom is -0.544 e. The fraction of sp³-hybridized carbons (Fsp3) is 0.587. The summed E-state index contributed by atoms with van der Waals surface area (Å²) in [6.45, 7) is 4.34. The second-order valence-electron chi connectivity index (χ2n) is 14.3. The predicted octanol–water partition coefficient (Wildman–Crippen LogP) is 9.40. The Labute approximate surface area is 328 Å². The quantitative estimate of drug-likeness (QED) is 0.0212. The van der Waals surface area contributed by atoms with E-state index < -0.39 is 24.1 Å². The summed E-state index contributed by atoms with van der Waals surface area (Å²) in [6, 6.07) is -0.750. The lowest BCUT2D eigenvalue weighted by Gasteiger charge is -2.34. The molecule has 0 aliphatic heterocycles. The highest BCUT2D eigenvalue weighted by atomic mass is 16.6. The molecular formula is C46H73NO7. The zero-order chi connectivity index (χ0) is 40.0. The van der Waals surface area contributed by atoms with Crippen molar-refractivity contribution in [1.29, 1.82) is 0 Å². The van der Waals surface area contributed by atoms with Crippen molar-refractivity contribution in [2.24, 2.45) is 0 Å². The van der Waals surface area contributed by atoms with E-state index in [1.165, 1.54) is 38.5 Å². The molecule has 0 rings (SSSR count). The molecule has 2 unspecified atom stereocenters. The lowest BCUT2D eigenvalue weighted by molar-refractivity contribution is -0.889. The SMILES string of the molecule is CC/C=C/C=C/C=C/C=C/C=C/CCCC(=O)OCC(COCCC(C(=O)[O-])[N+](C)(C)C)OC(=O)CCC/C=C/C/C=C/C/C=C/CCCCCCCC. The van der Waals surface area contributed by atoms with Crippen LogP contribution in [0.2, 0.25) is 0 Å². The highest BCUT2D eigenvalue weighted by Crippen LogP contribution is 2.10. The molecule has 0 aromatic carbocycles. The molecule has 0 heterocycles. The molecule has 54 heavy (non-hydrogen) atoms. The van der Waals surface area contributed by atoms with Gasteiger partial charge in [0.1, 0.15) is 12.6 Å². The Hall–Kier alpha value is -3.75. The number of quaternary nitrogens is 1. The number of carbonyl (C=O) groups is 3. The van der Waals surface area contributed by atoms with Crippen molar-refractivity contribution in [2.45, 2.75) is 135 Å². The first kappa shape index (κ1) is 50.2. The minimum atomic E-state index is -1.15. The first-order valence-corrected chi connectivity index (χ1v) is 20.3. The average molecular weight is 752 g/mol. The van der Waals surface area contributed by atoms with Crippen LogP contribution in [-0.4, -0.2) is 75.5 Å². The standard InChI is InChI=1S/C46H73NO7/c1-6-8-10-12-14-16-18-20-21-22-23-25-27-29-31-33-35-37-45(49)54-42(40-52-39-38-43(46(50)51)47(3,4)5)41-53-44(48)36-34-32-30-28-26-24-19-17-15-13-11-9-7-2/h9,11,13,15,17,19-21,23-26,28-31,42-43H,6-8,10,12,14,16,18,22,27,32-41H2,1-5H3/b11-9+,15-13+,19-17+,21-20+,25-23+,26-24+,30-28+,31-29+. The molecule has 2 atom stereocenters. The van der Waals surface area contributed by atoms with Crippen LogP contribution in [0.1, 0.15) is 123 Å². The van der Waals surface area contributed by atoms with Crippen molar-refractivity contribution in [3.05, 3.63) is 97.2 Å². The number of hydrogen-bond acceptors (Lipinski definition) is 7. The van der Waals surface area contributed by atoms with Gasteiger partial charge in [0.05, 0.1) is 40.3 Å². The monoisotopic (exact) mass is 752 g/mol. The summed E-state index contributed by atoms with van der Waals surface area (Å²) in [4.78, 5) is 36.7. The summed E-state index contributed by atoms with van der Waals surface area (Å²) in [5, 5.41) is 11.6. The molecular weight excluding hydrogens is 679 g/mol. The number of esters is 2. The minimum absolute atomic E-state index is 0.00878. The molecule has 8 nitrogen and oxygen atoms in total. The van der Waals surface area contributed by atoms with Crippen LogP contribution >= 0.6 is 0 Å². The highest BCUT2D eigenvalue weighted by molar-refractivity contribution is 5.70. The van der Waals surface area contributed by atoms with Gasteiger partial charge >= 0.3 is 11.9 Å². The number of carboxylic acids is 1. The zero-order valence-electron chi connectivity index (χ0n) is 34.3. The lowest BCUT2D eigenvalue weighted by Crippen LogP contribution is -2.55. The van der Waals surface area contributed by atoms with Crippen LogP contribution in [0.3, 0.4) is 0 Å². The fourth-order valence-corrected chi connectivity index (χ4v) is 5.17. The van der Waals surface area contributed by atoms with Gasteiger partial charge in [0, 0.05) is 19.3 Å². The number of likely N-dealkylation sites (N-methyl/N-ethyl adjacent to an activating group) is 1. The number of allylic oxidation sites excluding steroid dienone is 16. The van der Waals surface area contributed by atoms with Crippen LogP contribution in [0.15, 0.2) is 97.2 Å². The second-order valence-corrected chi connectivity index (χ2v) is 14.3. The van der Waals surface area contributed by atoms with Crippen molar-refractivity contribution in [1.82, 2.24) is 0 Å². The molecule has 8 heteroatoms. The maximum atomic E-state index is 12.7. The summed E-state index contributed by atoms with van der Waals surface area (Å²) in [5.74, 6) is -1.92. The third kappa shape index (κ3) is 34.0. The molecule has 0 fully saturated rings. The first-order valence-electron chi connectivity index (χ1n) is 20.3. The van der Waals surface area contributed by atoms with Gasteiger partial charge in [-0.2, -0.15) is 0 Å². The molecule has 0 aromatic heterocycles. The van der Waals surface area contributed by atoms with Gasteiger partial charge in [-0.1, -0.05) is 143 Å². The summed E-state index contributed by atoms with van der Waals surface area (Å²) in [5.41, 5.74) is 0. The molecule has 0 aliphatic rings. The van der Waals surface area contributed by atoms with Gasteiger partial charge in [0.25, 0.3) is 0 Å². The third-order valence-corrected chi connectivity index (χ3v) is 8.33. The van der Waals surface area contributed by atoms with Crippen molar-refractivity contribution in [2.75, 3.05) is 41.0 Å². The van der Waals surface area contributed by atoms with E-state index in [-0.39, 0.29) is 49.5 Å². The van der Waals surface area contributed by atoms with Gasteiger partial charge in [-0.25, -0.2) is 0 Å². The normalized spacial score (nSPS) is 14.0. The molecule has 0 amide bonds. The molecule has 0 radical (unpaired) electrons. The topological polar surface area (TPSA) is 102 Å². The van der Waals surface area contributed by atoms with Crippen LogP contribution in [0.5, 0.6) is 0 Å². The molecule has 0 saturated carbocycles. The van der Waals surface area contributed by atoms with Crippen molar-refractivity contribution >= 4 is 17.9 Å². The highest BCUT2D eigenvalue weighted by Gasteiger charge is 2.25. The Kier molecular flexibility index (Phi) is 33.7. The molecule has 0 N–H and O–H groups in total. The Balaban J connectivity index is 4.61. The van der Waals surface area contributed by atoms with Gasteiger partial charge in [0.15, 0.2) is 6.10 Å². The lowest BCUT2D eigenvalue weighted by atomic mass is 10.1. The molecule has 0 aromatic rings. The molecule has 0 aliphatic carbocycles. The number of unbranched alkanes of at least 4 members (excludes halogenated alkanes) is 8. The van der Waals surface area contributed by atoms with Crippen LogP contribution in [-0.2, 0) is 28.6 Å². The zero-order valence-corrected chi connectivity index (χ0v) is 34.3. The smallest absolute Gasteiger partial charge is 0.306 e. The van der Waals surface area contributed by atoms with Gasteiger partial charge in [-0.3, -0.25) is 9.59 Å². The first-order chi connectivity index (χ1) is 26.1. The fourth-order valence-electron chi connectivity index (χ4n) is 5.17. The van der Waals surface area contributed by atoms with E-state index in [0.717, 1.165) is 38.5 Å². The van der Waals surface area contributed by atoms with E-state index in [2.05, 4.69) is 56.4 Å². The maximum absolute atomic E-state index is 12.7. The van der Waals surface area contributed by atoms with Crippen molar-refractivity contribution in [3.8, 4) is 0 Å². The number of ether oxygens (including phenoxy) is 3. The molecule has 0 saturated heterocycles. The predicted molar refractivity (Wildman–Crippen MR) is 221 cm³/mol. The van der Waals surface area contributed by atoms with Gasteiger partial charge in [-0.15, -0.1) is 0 Å². The van der Waals surface area contributed by atoms with Gasteiger partial charge < -0.3 is 28.6 Å². The van der Waals surface area contributed by atoms with Crippen molar-refractivity contribution < 1.29 is 38.2 Å². The summed E-state index contributed by atoms with van der Waals surface area (Å²) in [6.07, 6.45) is 47.4. The van der Waals surface area contributed by atoms with Crippen molar-refractivity contribution in [3.63, 3.8) is 0 Å². The second kappa shape index (κ2) is 36.2.